The van der Waals surface area contributed by atoms with Gasteiger partial charge in [-0.2, -0.15) is 0 Å². The topological polar surface area (TPSA) is 29.5 Å². The lowest BCUT2D eigenvalue weighted by Gasteiger charge is -2.32. The summed E-state index contributed by atoms with van der Waals surface area (Å²) in [6, 6.07) is 10.1. The van der Waals surface area contributed by atoms with Crippen LogP contribution in [0, 0.1) is 0 Å². The summed E-state index contributed by atoms with van der Waals surface area (Å²) in [5, 5.41) is 0. The lowest BCUT2D eigenvalue weighted by Crippen LogP contribution is -2.47. The van der Waals surface area contributed by atoms with Crippen LogP contribution in [0.1, 0.15) is 18.9 Å². The molecule has 1 fully saturated rings. The van der Waals surface area contributed by atoms with Crippen molar-refractivity contribution in [3.8, 4) is 0 Å². The maximum absolute atomic E-state index is 12.6. The normalized spacial score (nSPS) is 19.7. The van der Waals surface area contributed by atoms with Gasteiger partial charge in [0.1, 0.15) is 6.10 Å². The Balaban J connectivity index is 2.03. The van der Waals surface area contributed by atoms with Crippen LogP contribution in [0.15, 0.2) is 66.8 Å². The standard InChI is InChI=1S/C19H23NO2/c1-3-8-16(9-4-2)14-18-19(21)20(12-13-22-18)15-17-10-6-5-7-11-17/h3-11,18H,1,12-15H2,2H3/b9-4-,16-8+. The van der Waals surface area contributed by atoms with Crippen molar-refractivity contribution in [1.29, 1.82) is 0 Å². The van der Waals surface area contributed by atoms with E-state index in [2.05, 4.69) is 6.58 Å². The van der Waals surface area contributed by atoms with Crippen molar-refractivity contribution < 1.29 is 9.53 Å². The van der Waals surface area contributed by atoms with Crippen molar-refractivity contribution in [3.05, 3.63) is 72.4 Å². The van der Waals surface area contributed by atoms with E-state index in [1.54, 1.807) is 6.08 Å². The van der Waals surface area contributed by atoms with Gasteiger partial charge in [-0.05, 0) is 18.1 Å². The fourth-order valence-corrected chi connectivity index (χ4v) is 2.57. The third-order valence-electron chi connectivity index (χ3n) is 3.62. The van der Waals surface area contributed by atoms with Gasteiger partial charge in [0.25, 0.3) is 5.91 Å². The monoisotopic (exact) mass is 297 g/mol. The molecule has 1 saturated heterocycles. The predicted octanol–water partition coefficient (Wildman–Crippen LogP) is 3.49. The van der Waals surface area contributed by atoms with E-state index in [0.717, 1.165) is 11.1 Å². The van der Waals surface area contributed by atoms with Crippen molar-refractivity contribution in [2.24, 2.45) is 0 Å². The second kappa shape index (κ2) is 8.35. The molecule has 1 aliphatic rings. The fourth-order valence-electron chi connectivity index (χ4n) is 2.57. The van der Waals surface area contributed by atoms with Gasteiger partial charge < -0.3 is 9.64 Å². The molecule has 1 aromatic carbocycles. The van der Waals surface area contributed by atoms with E-state index in [1.807, 2.05) is 60.4 Å². The number of rotatable bonds is 6. The van der Waals surface area contributed by atoms with E-state index in [-0.39, 0.29) is 5.91 Å². The van der Waals surface area contributed by atoms with Gasteiger partial charge in [0.15, 0.2) is 0 Å². The molecule has 0 saturated carbocycles. The summed E-state index contributed by atoms with van der Waals surface area (Å²) in [6.07, 6.45) is 7.80. The lowest BCUT2D eigenvalue weighted by atomic mass is 10.0. The number of benzene rings is 1. The second-order valence-corrected chi connectivity index (χ2v) is 5.29. The molecule has 2 rings (SSSR count). The van der Waals surface area contributed by atoms with Crippen LogP contribution in [0.4, 0.5) is 0 Å². The number of carbonyl (C=O) groups excluding carboxylic acids is 1. The SMILES string of the molecule is C=C/C=C(\C=C/C)CC1OCCN(Cc2ccccc2)C1=O. The lowest BCUT2D eigenvalue weighted by molar-refractivity contribution is -0.153. The highest BCUT2D eigenvalue weighted by atomic mass is 16.5. The number of amides is 1. The molecule has 0 aliphatic carbocycles. The van der Waals surface area contributed by atoms with E-state index >= 15 is 0 Å². The molecule has 0 N–H and O–H groups in total. The molecular formula is C19H23NO2. The zero-order valence-electron chi connectivity index (χ0n) is 13.1. The van der Waals surface area contributed by atoms with Gasteiger partial charge in [-0.15, -0.1) is 0 Å². The van der Waals surface area contributed by atoms with E-state index in [0.29, 0.717) is 26.1 Å². The fraction of sp³-hybridized carbons (Fsp3) is 0.316. The maximum atomic E-state index is 12.6. The quantitative estimate of drug-likeness (QED) is 0.752. The molecule has 1 aromatic rings. The maximum Gasteiger partial charge on any atom is 0.252 e. The van der Waals surface area contributed by atoms with E-state index < -0.39 is 6.10 Å². The first-order valence-electron chi connectivity index (χ1n) is 7.63. The number of carbonyl (C=O) groups is 1. The van der Waals surface area contributed by atoms with Crippen molar-refractivity contribution in [2.45, 2.75) is 26.0 Å². The first-order valence-corrected chi connectivity index (χ1v) is 7.63. The average molecular weight is 297 g/mol. The van der Waals surface area contributed by atoms with Crippen LogP contribution in [0.3, 0.4) is 0 Å². The Morgan fingerprint density at radius 1 is 1.41 bits per heavy atom. The Hall–Kier alpha value is -2.13. The highest BCUT2D eigenvalue weighted by Gasteiger charge is 2.29. The average Bonchev–Trinajstić information content (AvgIpc) is 2.53. The van der Waals surface area contributed by atoms with Gasteiger partial charge in [-0.25, -0.2) is 0 Å². The van der Waals surface area contributed by atoms with Crippen molar-refractivity contribution in [2.75, 3.05) is 13.2 Å². The van der Waals surface area contributed by atoms with E-state index in [9.17, 15) is 4.79 Å². The first-order chi connectivity index (χ1) is 10.7. The van der Waals surface area contributed by atoms with Crippen LogP contribution in [0.25, 0.3) is 0 Å². The summed E-state index contributed by atoms with van der Waals surface area (Å²) < 4.78 is 5.68. The van der Waals surface area contributed by atoms with Gasteiger partial charge in [0.05, 0.1) is 6.61 Å². The smallest absolute Gasteiger partial charge is 0.252 e. The highest BCUT2D eigenvalue weighted by molar-refractivity contribution is 5.82. The van der Waals surface area contributed by atoms with Crippen molar-refractivity contribution in [3.63, 3.8) is 0 Å². The molecule has 3 heteroatoms. The minimum Gasteiger partial charge on any atom is -0.366 e. The molecule has 0 aromatic heterocycles. The van der Waals surface area contributed by atoms with Gasteiger partial charge in [0.2, 0.25) is 0 Å². The number of allylic oxidation sites excluding steroid dienone is 4. The molecule has 1 unspecified atom stereocenters. The van der Waals surface area contributed by atoms with Gasteiger partial charge in [-0.1, -0.05) is 61.2 Å². The third kappa shape index (κ3) is 4.43. The molecule has 0 bridgehead atoms. The highest BCUT2D eigenvalue weighted by Crippen LogP contribution is 2.18. The van der Waals surface area contributed by atoms with Crippen LogP contribution in [0.2, 0.25) is 0 Å². The molecule has 1 amide bonds. The Bertz CT molecular complexity index is 560. The van der Waals surface area contributed by atoms with Crippen LogP contribution in [-0.4, -0.2) is 30.1 Å². The predicted molar refractivity (Wildman–Crippen MR) is 89.3 cm³/mol. The Morgan fingerprint density at radius 2 is 2.18 bits per heavy atom. The molecule has 1 heterocycles. The summed E-state index contributed by atoms with van der Waals surface area (Å²) >= 11 is 0. The number of hydrogen-bond donors (Lipinski definition) is 0. The summed E-state index contributed by atoms with van der Waals surface area (Å²) in [7, 11) is 0. The van der Waals surface area contributed by atoms with Crippen LogP contribution in [0.5, 0.6) is 0 Å². The summed E-state index contributed by atoms with van der Waals surface area (Å²) in [4.78, 5) is 14.5. The summed E-state index contributed by atoms with van der Waals surface area (Å²) in [5.74, 6) is 0.0644. The molecular weight excluding hydrogens is 274 g/mol. The molecule has 1 aliphatic heterocycles. The molecule has 0 radical (unpaired) electrons. The van der Waals surface area contributed by atoms with Gasteiger partial charge >= 0.3 is 0 Å². The second-order valence-electron chi connectivity index (χ2n) is 5.29. The molecule has 116 valence electrons. The van der Waals surface area contributed by atoms with E-state index in [4.69, 9.17) is 4.74 Å². The van der Waals surface area contributed by atoms with Crippen LogP contribution in [-0.2, 0) is 16.1 Å². The van der Waals surface area contributed by atoms with Gasteiger partial charge in [0, 0.05) is 19.5 Å². The Labute approximate surface area is 132 Å². The van der Waals surface area contributed by atoms with Crippen molar-refractivity contribution in [1.82, 2.24) is 4.90 Å². The zero-order valence-corrected chi connectivity index (χ0v) is 13.1. The zero-order chi connectivity index (χ0) is 15.8. The first kappa shape index (κ1) is 16.2. The summed E-state index contributed by atoms with van der Waals surface area (Å²) in [5.41, 5.74) is 2.20. The number of nitrogens with zero attached hydrogens (tertiary/aromatic N) is 1. The molecule has 1 atom stereocenters. The Morgan fingerprint density at radius 3 is 2.86 bits per heavy atom. The molecule has 3 nitrogen and oxygen atoms in total. The summed E-state index contributed by atoms with van der Waals surface area (Å²) in [6.45, 7) is 7.55. The van der Waals surface area contributed by atoms with Crippen LogP contribution >= 0.6 is 0 Å². The van der Waals surface area contributed by atoms with Crippen molar-refractivity contribution >= 4 is 5.91 Å². The number of ether oxygens (including phenoxy) is 1. The number of hydrogen-bond acceptors (Lipinski definition) is 2. The minimum atomic E-state index is -0.403. The number of morpholine rings is 1. The Kier molecular flexibility index (Phi) is 6.16. The third-order valence-corrected chi connectivity index (χ3v) is 3.62. The van der Waals surface area contributed by atoms with Gasteiger partial charge in [-0.3, -0.25) is 4.79 Å². The van der Waals surface area contributed by atoms with Crippen LogP contribution < -0.4 is 0 Å². The molecule has 0 spiro atoms. The molecule has 22 heavy (non-hydrogen) atoms. The minimum absolute atomic E-state index is 0.0644. The largest absolute Gasteiger partial charge is 0.366 e. The van der Waals surface area contributed by atoms with E-state index in [1.165, 1.54) is 0 Å².